The molecule has 2 N–H and O–H groups in total. The van der Waals surface area contributed by atoms with Crippen molar-refractivity contribution in [3.63, 3.8) is 0 Å². The van der Waals surface area contributed by atoms with Gasteiger partial charge in [0.25, 0.3) is 5.56 Å². The maximum Gasteiger partial charge on any atom is 0.251 e. The van der Waals surface area contributed by atoms with Gasteiger partial charge in [0.05, 0.1) is 11.3 Å². The topological polar surface area (TPSA) is 66.0 Å². The monoisotopic (exact) mass is 202 g/mol. The molecule has 0 spiro atoms. The van der Waals surface area contributed by atoms with Crippen LogP contribution in [-0.2, 0) is 0 Å². The van der Waals surface area contributed by atoms with E-state index in [1.165, 1.54) is 0 Å². The molecule has 0 radical (unpaired) electrons. The highest BCUT2D eigenvalue weighted by atomic mass is 16.3. The summed E-state index contributed by atoms with van der Waals surface area (Å²) in [5.74, 6) is -0.0463. The molecule has 2 rings (SSSR count). The zero-order valence-electron chi connectivity index (χ0n) is 8.19. The largest absolute Gasteiger partial charge is 0.507 e. The van der Waals surface area contributed by atoms with Crippen molar-refractivity contribution >= 4 is 0 Å². The van der Waals surface area contributed by atoms with Gasteiger partial charge in [0.1, 0.15) is 5.75 Å². The Labute approximate surface area is 86.2 Å². The molecule has 0 aliphatic carbocycles. The third-order valence-electron chi connectivity index (χ3n) is 2.13. The number of hydrogen-bond acceptors (Lipinski definition) is 3. The summed E-state index contributed by atoms with van der Waals surface area (Å²) in [6.45, 7) is 1.73. The van der Waals surface area contributed by atoms with Gasteiger partial charge in [-0.15, -0.1) is 0 Å². The van der Waals surface area contributed by atoms with Gasteiger partial charge in [-0.1, -0.05) is 6.07 Å². The molecule has 0 saturated carbocycles. The fourth-order valence-corrected chi connectivity index (χ4v) is 1.51. The van der Waals surface area contributed by atoms with E-state index in [1.807, 2.05) is 6.07 Å². The number of aryl methyl sites for hydroxylation is 1. The molecule has 0 fully saturated rings. The summed E-state index contributed by atoms with van der Waals surface area (Å²) < 4.78 is 0. The Kier molecular flexibility index (Phi) is 2.25. The van der Waals surface area contributed by atoms with Crippen molar-refractivity contribution in [2.24, 2.45) is 0 Å². The minimum absolute atomic E-state index is 0.0463. The van der Waals surface area contributed by atoms with Crippen LogP contribution in [0.25, 0.3) is 11.3 Å². The Hall–Kier alpha value is -2.10. The van der Waals surface area contributed by atoms with E-state index in [1.54, 1.807) is 25.3 Å². The molecule has 0 unspecified atom stereocenters. The second kappa shape index (κ2) is 3.57. The third-order valence-corrected chi connectivity index (χ3v) is 2.13. The van der Waals surface area contributed by atoms with Crippen molar-refractivity contribution in [1.29, 1.82) is 0 Å². The molecule has 2 aromatic heterocycles. The second-order valence-electron chi connectivity index (χ2n) is 3.23. The van der Waals surface area contributed by atoms with Crippen molar-refractivity contribution < 1.29 is 5.11 Å². The maximum absolute atomic E-state index is 11.1. The van der Waals surface area contributed by atoms with E-state index in [-0.39, 0.29) is 11.3 Å². The number of nitrogens with zero attached hydrogens (tertiary/aromatic N) is 1. The molecular formula is C11H10N2O2. The van der Waals surface area contributed by atoms with E-state index in [4.69, 9.17) is 0 Å². The average Bonchev–Trinajstić information content (AvgIpc) is 2.17. The number of aromatic hydroxyl groups is 1. The number of pyridine rings is 2. The number of nitrogens with one attached hydrogen (secondary N) is 1. The fourth-order valence-electron chi connectivity index (χ4n) is 1.51. The van der Waals surface area contributed by atoms with Crippen LogP contribution < -0.4 is 5.56 Å². The highest BCUT2D eigenvalue weighted by molar-refractivity contribution is 5.68. The van der Waals surface area contributed by atoms with Gasteiger partial charge in [-0.2, -0.15) is 0 Å². The average molecular weight is 202 g/mol. The van der Waals surface area contributed by atoms with E-state index < -0.39 is 0 Å². The molecule has 2 heterocycles. The van der Waals surface area contributed by atoms with Crippen molar-refractivity contribution in [2.75, 3.05) is 0 Å². The Balaban J connectivity index is 2.69. The van der Waals surface area contributed by atoms with E-state index in [2.05, 4.69) is 9.97 Å². The van der Waals surface area contributed by atoms with E-state index in [9.17, 15) is 9.90 Å². The van der Waals surface area contributed by atoms with Crippen LogP contribution in [0.4, 0.5) is 0 Å². The van der Waals surface area contributed by atoms with Crippen molar-refractivity contribution in [3.8, 4) is 17.0 Å². The Morgan fingerprint density at radius 2 is 2.20 bits per heavy atom. The van der Waals surface area contributed by atoms with Crippen LogP contribution in [0.2, 0.25) is 0 Å². The first-order chi connectivity index (χ1) is 7.18. The van der Waals surface area contributed by atoms with Gasteiger partial charge in [0.2, 0.25) is 0 Å². The minimum atomic E-state index is -0.315. The van der Waals surface area contributed by atoms with Crippen LogP contribution in [0.15, 0.2) is 35.3 Å². The maximum atomic E-state index is 11.1. The van der Waals surface area contributed by atoms with Gasteiger partial charge >= 0.3 is 0 Å². The molecule has 0 aliphatic rings. The summed E-state index contributed by atoms with van der Waals surface area (Å²) in [6.07, 6.45) is 1.64. The lowest BCUT2D eigenvalue weighted by molar-refractivity contribution is 0.475. The van der Waals surface area contributed by atoms with Gasteiger partial charge in [0, 0.05) is 18.0 Å². The van der Waals surface area contributed by atoms with Crippen LogP contribution in [0, 0.1) is 6.92 Å². The molecule has 0 saturated heterocycles. The van der Waals surface area contributed by atoms with Crippen molar-refractivity contribution in [3.05, 3.63) is 46.5 Å². The number of rotatable bonds is 1. The van der Waals surface area contributed by atoms with Crippen molar-refractivity contribution in [2.45, 2.75) is 6.92 Å². The van der Waals surface area contributed by atoms with Gasteiger partial charge in [-0.05, 0) is 19.1 Å². The van der Waals surface area contributed by atoms with Gasteiger partial charge < -0.3 is 10.1 Å². The highest BCUT2D eigenvalue weighted by Crippen LogP contribution is 2.27. The lowest BCUT2D eigenvalue weighted by Gasteiger charge is -2.06. The van der Waals surface area contributed by atoms with Crippen LogP contribution in [-0.4, -0.2) is 15.1 Å². The molecule has 0 atom stereocenters. The number of H-pyrrole nitrogens is 1. The molecule has 2 aromatic rings. The van der Waals surface area contributed by atoms with Crippen LogP contribution >= 0.6 is 0 Å². The molecule has 4 heteroatoms. The van der Waals surface area contributed by atoms with Crippen LogP contribution in [0.5, 0.6) is 5.75 Å². The SMILES string of the molecule is Cc1[nH]c(=O)cc(O)c1-c1ccccn1. The lowest BCUT2D eigenvalue weighted by atomic mass is 10.1. The fraction of sp³-hybridized carbons (Fsp3) is 0.0909. The summed E-state index contributed by atoms with van der Waals surface area (Å²) >= 11 is 0. The van der Waals surface area contributed by atoms with Gasteiger partial charge in [-0.3, -0.25) is 9.78 Å². The molecule has 15 heavy (non-hydrogen) atoms. The highest BCUT2D eigenvalue weighted by Gasteiger charge is 2.09. The molecule has 76 valence electrons. The number of hydrogen-bond donors (Lipinski definition) is 2. The normalized spacial score (nSPS) is 10.2. The standard InChI is InChI=1S/C11H10N2O2/c1-7-11(8-4-2-3-5-12-8)9(14)6-10(15)13-7/h2-6H,1H3,(H2,13,14,15). The quantitative estimate of drug-likeness (QED) is 0.735. The van der Waals surface area contributed by atoms with E-state index in [0.717, 1.165) is 6.07 Å². The molecule has 0 aliphatic heterocycles. The summed E-state index contributed by atoms with van der Waals surface area (Å²) in [7, 11) is 0. The molecule has 0 amide bonds. The predicted octanol–water partition coefficient (Wildman–Crippen LogP) is 1.45. The van der Waals surface area contributed by atoms with Crippen molar-refractivity contribution in [1.82, 2.24) is 9.97 Å². The zero-order valence-corrected chi connectivity index (χ0v) is 8.19. The summed E-state index contributed by atoms with van der Waals surface area (Å²) in [6, 6.07) is 6.55. The minimum Gasteiger partial charge on any atom is -0.507 e. The number of aromatic nitrogens is 2. The number of aromatic amines is 1. The van der Waals surface area contributed by atoms with Gasteiger partial charge in [0.15, 0.2) is 0 Å². The predicted molar refractivity (Wildman–Crippen MR) is 56.7 cm³/mol. The first-order valence-electron chi connectivity index (χ1n) is 4.53. The van der Waals surface area contributed by atoms with Gasteiger partial charge in [-0.25, -0.2) is 0 Å². The molecule has 0 bridgehead atoms. The summed E-state index contributed by atoms with van der Waals surface area (Å²) in [5.41, 5.74) is 1.50. The Morgan fingerprint density at radius 3 is 2.80 bits per heavy atom. The first-order valence-corrected chi connectivity index (χ1v) is 4.53. The van der Waals surface area contributed by atoms with E-state index in [0.29, 0.717) is 17.0 Å². The Morgan fingerprint density at radius 1 is 1.40 bits per heavy atom. The smallest absolute Gasteiger partial charge is 0.251 e. The second-order valence-corrected chi connectivity index (χ2v) is 3.23. The summed E-state index contributed by atoms with van der Waals surface area (Å²) in [4.78, 5) is 17.8. The lowest BCUT2D eigenvalue weighted by Crippen LogP contribution is -2.06. The third kappa shape index (κ3) is 1.74. The molecule has 4 nitrogen and oxygen atoms in total. The summed E-state index contributed by atoms with van der Waals surface area (Å²) in [5, 5.41) is 9.67. The molecular weight excluding hydrogens is 192 g/mol. The zero-order chi connectivity index (χ0) is 10.8. The molecule has 0 aromatic carbocycles. The first kappa shape index (κ1) is 9.45. The Bertz CT molecular complexity index is 506. The van der Waals surface area contributed by atoms with Crippen LogP contribution in [0.3, 0.4) is 0 Å². The van der Waals surface area contributed by atoms with Crippen LogP contribution in [0.1, 0.15) is 5.69 Å². The van der Waals surface area contributed by atoms with E-state index >= 15 is 0 Å².